The van der Waals surface area contributed by atoms with Crippen molar-refractivity contribution in [1.29, 1.82) is 0 Å². The number of benzene rings is 2. The lowest BCUT2D eigenvalue weighted by Crippen LogP contribution is -2.44. The van der Waals surface area contributed by atoms with Crippen LogP contribution < -0.4 is 21.2 Å². The van der Waals surface area contributed by atoms with Crippen molar-refractivity contribution >= 4 is 51.2 Å². The van der Waals surface area contributed by atoms with E-state index in [2.05, 4.69) is 37.4 Å². The molecule has 0 spiro atoms. The highest BCUT2D eigenvalue weighted by Gasteiger charge is 2.32. The summed E-state index contributed by atoms with van der Waals surface area (Å²) < 4.78 is 39.3. The first-order valence-corrected chi connectivity index (χ1v) is 21.3. The van der Waals surface area contributed by atoms with Gasteiger partial charge in [-0.2, -0.15) is 5.10 Å². The van der Waals surface area contributed by atoms with E-state index in [1.165, 1.54) is 9.13 Å². The zero-order valence-electron chi connectivity index (χ0n) is 34.1. The molecule has 9 rings (SSSR count). The van der Waals surface area contributed by atoms with Gasteiger partial charge in [-0.05, 0) is 87.6 Å². The zero-order chi connectivity index (χ0) is 42.2. The van der Waals surface area contributed by atoms with Crippen molar-refractivity contribution in [3.8, 4) is 11.8 Å². The molecule has 1 aliphatic carbocycles. The summed E-state index contributed by atoms with van der Waals surface area (Å²) >= 11 is 0. The van der Waals surface area contributed by atoms with Gasteiger partial charge in [0.2, 0.25) is 11.8 Å². The maximum Gasteiger partial charge on any atom is 0.329 e. The van der Waals surface area contributed by atoms with Crippen LogP contribution in [-0.2, 0) is 21.4 Å². The number of likely N-dealkylation sites (tertiary alicyclic amines) is 1. The summed E-state index contributed by atoms with van der Waals surface area (Å²) in [7, 11) is 1.66. The second kappa shape index (κ2) is 17.2. The van der Waals surface area contributed by atoms with Crippen LogP contribution in [-0.4, -0.2) is 92.0 Å². The number of nitrogens with zero attached hydrogens (tertiary/aromatic N) is 7. The lowest BCUT2D eigenvalue weighted by Gasteiger charge is -2.36. The van der Waals surface area contributed by atoms with Crippen LogP contribution in [0.4, 0.5) is 20.3 Å². The molecule has 1 saturated carbocycles. The average molecular weight is 834 g/mol. The van der Waals surface area contributed by atoms with Crippen molar-refractivity contribution < 1.29 is 27.9 Å². The van der Waals surface area contributed by atoms with Crippen LogP contribution in [0.15, 0.2) is 59.5 Å². The van der Waals surface area contributed by atoms with Crippen LogP contribution in [0.2, 0.25) is 0 Å². The van der Waals surface area contributed by atoms with E-state index < -0.39 is 30.0 Å². The summed E-state index contributed by atoms with van der Waals surface area (Å²) in [6, 6.07) is 13.9. The van der Waals surface area contributed by atoms with Crippen LogP contribution in [0.5, 0.6) is 0 Å². The lowest BCUT2D eigenvalue weighted by molar-refractivity contribution is -0.135. The predicted octanol–water partition coefficient (Wildman–Crippen LogP) is 5.73. The van der Waals surface area contributed by atoms with Gasteiger partial charge in [0.1, 0.15) is 18.5 Å². The molecule has 16 heteroatoms. The minimum absolute atomic E-state index is 0.0277. The Morgan fingerprint density at radius 2 is 1.75 bits per heavy atom. The Morgan fingerprint density at radius 3 is 2.49 bits per heavy atom. The molecule has 1 unspecified atom stereocenters. The number of para-hydroxylation sites is 2. The average Bonchev–Trinajstić information content (AvgIpc) is 3.77. The van der Waals surface area contributed by atoms with Gasteiger partial charge in [-0.15, -0.1) is 0 Å². The summed E-state index contributed by atoms with van der Waals surface area (Å²) in [6.07, 6.45) is 5.68. The first kappa shape index (κ1) is 40.5. The van der Waals surface area contributed by atoms with Crippen LogP contribution in [0.25, 0.3) is 21.9 Å². The Kier molecular flexibility index (Phi) is 11.4. The molecule has 318 valence electrons. The number of rotatable bonds is 10. The summed E-state index contributed by atoms with van der Waals surface area (Å²) in [5.74, 6) is 6.29. The molecule has 2 aromatic carbocycles. The molecule has 3 aromatic heterocycles. The van der Waals surface area contributed by atoms with Crippen LogP contribution in [0.1, 0.15) is 97.9 Å². The van der Waals surface area contributed by atoms with Gasteiger partial charge in [-0.3, -0.25) is 33.5 Å². The Morgan fingerprint density at radius 1 is 0.967 bits per heavy atom. The van der Waals surface area contributed by atoms with Crippen molar-refractivity contribution in [1.82, 2.24) is 34.1 Å². The van der Waals surface area contributed by atoms with Crippen LogP contribution in [0.3, 0.4) is 0 Å². The van der Waals surface area contributed by atoms with Crippen molar-refractivity contribution in [2.24, 2.45) is 13.0 Å². The smallest absolute Gasteiger partial charge is 0.329 e. The Labute approximate surface area is 351 Å². The number of imidazole rings is 1. The molecule has 0 bridgehead atoms. The zero-order valence-corrected chi connectivity index (χ0v) is 34.1. The van der Waals surface area contributed by atoms with Gasteiger partial charge in [0.05, 0.1) is 45.5 Å². The molecular weight excluding hydrogens is 785 g/mol. The third-order valence-electron chi connectivity index (χ3n) is 12.8. The summed E-state index contributed by atoms with van der Waals surface area (Å²) in [5, 5.41) is 10.2. The Balaban J connectivity index is 0.753. The molecule has 3 aliphatic heterocycles. The minimum Gasteiger partial charge on any atom is -0.365 e. The fraction of sp³-hybridized carbons (Fsp3) is 0.467. The van der Waals surface area contributed by atoms with E-state index in [1.807, 2.05) is 30.3 Å². The number of aryl methyl sites for hydroxylation is 1. The largest absolute Gasteiger partial charge is 0.365 e. The minimum atomic E-state index is -2.84. The van der Waals surface area contributed by atoms with Gasteiger partial charge in [0.15, 0.2) is 5.69 Å². The van der Waals surface area contributed by atoms with Gasteiger partial charge < -0.3 is 19.9 Å². The van der Waals surface area contributed by atoms with E-state index >= 15 is 0 Å². The molecule has 14 nitrogen and oxygen atoms in total. The van der Waals surface area contributed by atoms with Gasteiger partial charge in [0.25, 0.3) is 12.3 Å². The molecule has 3 amide bonds. The molecule has 5 aromatic rings. The Hall–Kier alpha value is -5.92. The summed E-state index contributed by atoms with van der Waals surface area (Å²) in [5.41, 5.74) is 2.04. The summed E-state index contributed by atoms with van der Waals surface area (Å²) in [6.45, 7) is 4.89. The van der Waals surface area contributed by atoms with Crippen molar-refractivity contribution in [2.45, 2.75) is 82.4 Å². The number of pyridine rings is 1. The molecule has 61 heavy (non-hydrogen) atoms. The normalized spacial score (nSPS) is 21.4. The van der Waals surface area contributed by atoms with Crippen molar-refractivity contribution in [3.63, 3.8) is 0 Å². The highest BCUT2D eigenvalue weighted by molar-refractivity contribution is 6.12. The maximum absolute atomic E-state index is 14.3. The number of alkyl halides is 2. The number of hydrogen-bond donors (Lipinski definition) is 2. The standard InChI is InChI=1S/C45H49F2N9O5/c1-52-41-30(7-3-10-35(41)56(45(52)60)36-16-18-38(57)50-44(36)59)8-4-25-61-32-19-23-53(24-20-32)26-28-11-14-31(15-12-28)55-27-34(40(51-55)42(46)47)48-43(58)33-9-2-6-29-13-17-37(49-39(29)33)54-21-5-22-54/h2-3,6-7,9-10,13,17,27-28,31-32,36,42H,5,11-12,14-16,18-26H2,1H3,(H,48,58)(H,50,57,59). The first-order valence-electron chi connectivity index (χ1n) is 21.3. The fourth-order valence-corrected chi connectivity index (χ4v) is 9.36. The molecule has 3 saturated heterocycles. The van der Waals surface area contributed by atoms with Gasteiger partial charge in [-0.1, -0.05) is 30.0 Å². The maximum atomic E-state index is 14.3. The van der Waals surface area contributed by atoms with E-state index in [1.54, 1.807) is 36.1 Å². The third kappa shape index (κ3) is 8.28. The Bertz CT molecular complexity index is 2600. The molecule has 2 N–H and O–H groups in total. The van der Waals surface area contributed by atoms with Crippen LogP contribution in [0, 0.1) is 17.8 Å². The lowest BCUT2D eigenvalue weighted by atomic mass is 9.85. The van der Waals surface area contributed by atoms with Crippen LogP contribution >= 0.6 is 0 Å². The number of ether oxygens (including phenoxy) is 1. The number of carbonyl (C=O) groups is 3. The number of amides is 3. The van der Waals surface area contributed by atoms with E-state index in [0.29, 0.717) is 33.6 Å². The number of piperidine rings is 2. The second-order valence-corrected chi connectivity index (χ2v) is 16.7. The van der Waals surface area contributed by atoms with Crippen molar-refractivity contribution in [2.75, 3.05) is 49.5 Å². The summed E-state index contributed by atoms with van der Waals surface area (Å²) in [4.78, 5) is 60.4. The molecule has 6 heterocycles. The van der Waals surface area contributed by atoms with Gasteiger partial charge in [0, 0.05) is 57.8 Å². The topological polar surface area (TPSA) is 149 Å². The number of halogens is 2. The highest BCUT2D eigenvalue weighted by atomic mass is 19.3. The predicted molar refractivity (Wildman–Crippen MR) is 226 cm³/mol. The SMILES string of the molecule is Cn1c(=O)n(C2CCC(=O)NC2=O)c2cccc(C#CCOC3CCN(CC4CCC(n5cc(NC(=O)c6cccc7ccc(N8CCC8)nc67)c(C(F)F)n5)CC4)CC3)c21. The number of anilines is 2. The van der Waals surface area contributed by atoms with Gasteiger partial charge >= 0.3 is 5.69 Å². The molecule has 1 atom stereocenters. The number of imide groups is 1. The number of aromatic nitrogens is 5. The number of hydrogen-bond acceptors (Lipinski definition) is 9. The number of nitrogens with one attached hydrogen (secondary N) is 2. The third-order valence-corrected chi connectivity index (χ3v) is 12.8. The number of carbonyl (C=O) groups excluding carboxylic acids is 3. The fourth-order valence-electron chi connectivity index (χ4n) is 9.36. The number of fused-ring (bicyclic) bond motifs is 2. The van der Waals surface area contributed by atoms with Gasteiger partial charge in [-0.25, -0.2) is 18.6 Å². The van der Waals surface area contributed by atoms with Crippen molar-refractivity contribution in [3.05, 3.63) is 82.0 Å². The monoisotopic (exact) mass is 833 g/mol. The van der Waals surface area contributed by atoms with E-state index in [9.17, 15) is 28.0 Å². The first-order chi connectivity index (χ1) is 29.6. The molecule has 4 fully saturated rings. The highest BCUT2D eigenvalue weighted by Crippen LogP contribution is 2.36. The molecule has 0 radical (unpaired) electrons. The van der Waals surface area contributed by atoms with E-state index in [4.69, 9.17) is 9.72 Å². The second-order valence-electron chi connectivity index (χ2n) is 16.7. The quantitative estimate of drug-likeness (QED) is 0.133. The van der Waals surface area contributed by atoms with E-state index in [0.717, 1.165) is 88.9 Å². The van der Waals surface area contributed by atoms with E-state index in [-0.39, 0.29) is 48.9 Å². The molecule has 4 aliphatic rings. The molecular formula is C45H49F2N9O5.